The van der Waals surface area contributed by atoms with Crippen LogP contribution >= 0.6 is 0 Å². The lowest BCUT2D eigenvalue weighted by atomic mass is 9.59. The van der Waals surface area contributed by atoms with Crippen LogP contribution in [0, 0.1) is 22.5 Å². The first-order valence-electron chi connectivity index (χ1n) is 25.3. The average molecular weight is 990 g/mol. The lowest BCUT2D eigenvalue weighted by molar-refractivity contribution is -0.0176. The molecule has 17 heteroatoms. The largest absolute Gasteiger partial charge is 0.758 e. The highest BCUT2D eigenvalue weighted by atomic mass is 32.2. The lowest BCUT2D eigenvalue weighted by Gasteiger charge is -2.56. The minimum atomic E-state index is -4.68. The molecule has 3 aromatic heterocycles. The molecular formula is C54H66FN8O7S-. The number of aromatic nitrogens is 3. The fraction of sp³-hybridized carbons (Fsp3) is 0.500. The first-order valence-corrected chi connectivity index (χ1v) is 26.7. The molecule has 4 fully saturated rings. The number of piperidine rings is 1. The third kappa shape index (κ3) is 9.46. The van der Waals surface area contributed by atoms with E-state index >= 15 is 4.39 Å². The van der Waals surface area contributed by atoms with E-state index in [1.54, 1.807) is 17.7 Å². The number of methoxy groups -OCH3 is 1. The minimum absolute atomic E-state index is 0.00123. The van der Waals surface area contributed by atoms with Crippen LogP contribution in [-0.4, -0.2) is 97.0 Å². The van der Waals surface area contributed by atoms with Gasteiger partial charge in [0, 0.05) is 49.0 Å². The predicted octanol–water partition coefficient (Wildman–Crippen LogP) is 9.79. The summed E-state index contributed by atoms with van der Waals surface area (Å²) in [5.74, 6) is -0.459. The fourth-order valence-electron chi connectivity index (χ4n) is 12.2. The number of nitrogens with one attached hydrogen (secondary N) is 2. The predicted molar refractivity (Wildman–Crippen MR) is 275 cm³/mol. The summed E-state index contributed by atoms with van der Waals surface area (Å²) in [4.78, 5) is 23.7. The van der Waals surface area contributed by atoms with Gasteiger partial charge in [0.05, 0.1) is 41.4 Å². The quantitative estimate of drug-likeness (QED) is 0.102. The third-order valence-corrected chi connectivity index (χ3v) is 17.6. The van der Waals surface area contributed by atoms with Gasteiger partial charge in [0.2, 0.25) is 0 Å². The molecule has 5 heterocycles. The number of nitrogens with zero attached hydrogens (tertiary/aromatic N) is 6. The lowest BCUT2D eigenvalue weighted by Crippen LogP contribution is -2.56. The number of likely N-dealkylation sites (tertiary alicyclic amines) is 1. The second-order valence-electron chi connectivity index (χ2n) is 21.3. The molecular weight excluding hydrogens is 924 g/mol. The second kappa shape index (κ2) is 19.0. The summed E-state index contributed by atoms with van der Waals surface area (Å²) in [7, 11) is -2.01. The number of rotatable bonds is 14. The summed E-state index contributed by atoms with van der Waals surface area (Å²) in [6, 6.07) is 10.3. The summed E-state index contributed by atoms with van der Waals surface area (Å²) in [6.45, 7) is 13.6. The van der Waals surface area contributed by atoms with Gasteiger partial charge in [0.15, 0.2) is 11.6 Å². The number of hydrogen-bond acceptors (Lipinski definition) is 13. The van der Waals surface area contributed by atoms with Crippen molar-refractivity contribution in [3.63, 3.8) is 0 Å². The number of hydroxylamine groups is 1. The molecule has 1 amide bonds. The van der Waals surface area contributed by atoms with Gasteiger partial charge in [0.1, 0.15) is 16.5 Å². The molecule has 4 aliphatic carbocycles. The van der Waals surface area contributed by atoms with Crippen molar-refractivity contribution < 1.29 is 32.2 Å². The van der Waals surface area contributed by atoms with Gasteiger partial charge in [0.25, 0.3) is 21.8 Å². The standard InChI is InChI=1S/C54H66FN8O7S/c1-33(2)38-10-7-8-11-39(38)43-12-9-23-62(43)37-30-54(31-37)20-24-61(25-21-54)36-13-14-40(46(27-36)70-47-28-41-42(55)26-34(3)49(41)58-52(47)69-6)51(64)59-71(67,68)48-29-45(60(5)66)50(63-44(48)17-22-57-63)56-32-35-15-18-53(4,65)19-16-35/h7,10,13-14,17,22,26-29,33,35,37,43,56,65H,3,8-9,11-12,15-16,18-21,23-25,30-32H2,1-2,4-6H3,(H,59,64)/q-1/t35?,43-,53?/m0/s1. The van der Waals surface area contributed by atoms with Crippen molar-refractivity contribution >= 4 is 50.0 Å². The van der Waals surface area contributed by atoms with Crippen LogP contribution in [-0.2, 0) is 10.0 Å². The molecule has 3 N–H and O–H groups in total. The Kier molecular flexibility index (Phi) is 13.1. The maximum atomic E-state index is 15.2. The van der Waals surface area contributed by atoms with Crippen molar-refractivity contribution in [2.45, 2.75) is 120 Å². The Labute approximate surface area is 416 Å². The van der Waals surface area contributed by atoms with Gasteiger partial charge in [-0.2, -0.15) is 5.10 Å². The summed E-state index contributed by atoms with van der Waals surface area (Å²) < 4.78 is 59.7. The van der Waals surface area contributed by atoms with E-state index in [-0.39, 0.29) is 55.9 Å². The number of carbonyl (C=O) groups excluding carboxylic acids is 1. The van der Waals surface area contributed by atoms with Crippen molar-refractivity contribution in [2.24, 2.45) is 17.3 Å². The number of allylic oxidation sites excluding steroid dienone is 5. The van der Waals surface area contributed by atoms with Crippen molar-refractivity contribution in [2.75, 3.05) is 55.6 Å². The second-order valence-corrected chi connectivity index (χ2v) is 23.0. The van der Waals surface area contributed by atoms with E-state index < -0.39 is 27.4 Å². The van der Waals surface area contributed by atoms with Crippen LogP contribution < -0.4 is 29.5 Å². The average Bonchev–Trinajstić information content (AvgIpc) is 4.09. The van der Waals surface area contributed by atoms with E-state index in [1.165, 1.54) is 86.5 Å². The van der Waals surface area contributed by atoms with Crippen LogP contribution in [0.15, 0.2) is 83.4 Å². The van der Waals surface area contributed by atoms with Crippen molar-refractivity contribution in [1.29, 1.82) is 0 Å². The molecule has 0 bridgehead atoms. The molecule has 0 unspecified atom stereocenters. The van der Waals surface area contributed by atoms with E-state index in [1.807, 2.05) is 6.92 Å². The smallest absolute Gasteiger partial charge is 0.268 e. The molecule has 1 spiro atoms. The molecule has 0 radical (unpaired) electrons. The topological polar surface area (TPSA) is 177 Å². The Balaban J connectivity index is 0.901. The van der Waals surface area contributed by atoms with Crippen molar-refractivity contribution in [1.82, 2.24) is 24.2 Å². The number of anilines is 3. The number of pyridine rings is 2. The summed E-state index contributed by atoms with van der Waals surface area (Å²) in [6.07, 6.45) is 19.4. The molecule has 4 aromatic rings. The number of sulfonamides is 1. The number of aliphatic hydroxyl groups is 1. The molecule has 2 saturated heterocycles. The van der Waals surface area contributed by atoms with Crippen LogP contribution in [0.2, 0.25) is 0 Å². The van der Waals surface area contributed by atoms with Gasteiger partial charge in [-0.05, 0) is 168 Å². The zero-order valence-electron chi connectivity index (χ0n) is 41.5. The SMILES string of the molecule is C=C1C=C(F)c2cc(Oc3cc(N4CCC5(CC4)CC(N4CCC[C@H]4C4=C(C(C)C)C=CCC4)C5)ccc3C(=O)NS(=O)(=O)c3cc(N(C)[O-])c(NCC4CCC(C)(O)CC4)n4nccc34)c(OC)nc21. The zero-order chi connectivity index (χ0) is 50.0. The molecule has 2 saturated carbocycles. The number of halogens is 1. The Morgan fingerprint density at radius 2 is 1.83 bits per heavy atom. The van der Waals surface area contributed by atoms with Gasteiger partial charge < -0.3 is 35.1 Å². The van der Waals surface area contributed by atoms with Crippen LogP contribution in [0.25, 0.3) is 16.9 Å². The highest BCUT2D eigenvalue weighted by molar-refractivity contribution is 7.90. The molecule has 71 heavy (non-hydrogen) atoms. The molecule has 1 atom stereocenters. The van der Waals surface area contributed by atoms with Crippen molar-refractivity contribution in [3.05, 3.63) is 101 Å². The number of amides is 1. The number of benzene rings is 1. The summed E-state index contributed by atoms with van der Waals surface area (Å²) >= 11 is 0. The monoisotopic (exact) mass is 989 g/mol. The molecule has 2 aliphatic heterocycles. The highest BCUT2D eigenvalue weighted by Crippen LogP contribution is 2.54. The maximum absolute atomic E-state index is 15.2. The first-order chi connectivity index (χ1) is 33.9. The number of fused-ring (bicyclic) bond motifs is 2. The van der Waals surface area contributed by atoms with Crippen molar-refractivity contribution in [3.8, 4) is 17.4 Å². The Morgan fingerprint density at radius 3 is 2.55 bits per heavy atom. The third-order valence-electron chi connectivity index (χ3n) is 16.2. The van der Waals surface area contributed by atoms with Gasteiger partial charge in [-0.1, -0.05) is 32.6 Å². The number of carbonyl (C=O) groups is 1. The first kappa shape index (κ1) is 48.9. The molecule has 15 nitrogen and oxygen atoms in total. The van der Waals surface area contributed by atoms with E-state index in [0.717, 1.165) is 63.8 Å². The Morgan fingerprint density at radius 1 is 1.07 bits per heavy atom. The van der Waals surface area contributed by atoms with Crippen LogP contribution in [0.3, 0.4) is 0 Å². The molecule has 10 rings (SSSR count). The Hall–Kier alpha value is -5.75. The molecule has 1 aromatic carbocycles. The minimum Gasteiger partial charge on any atom is -0.758 e. The summed E-state index contributed by atoms with van der Waals surface area (Å²) in [5, 5.41) is 31.8. The van der Waals surface area contributed by atoms with Gasteiger partial charge in [-0.3, -0.25) is 9.69 Å². The van der Waals surface area contributed by atoms with E-state index in [4.69, 9.17) is 9.47 Å². The maximum Gasteiger partial charge on any atom is 0.268 e. The zero-order valence-corrected chi connectivity index (χ0v) is 42.3. The van der Waals surface area contributed by atoms with Gasteiger partial charge in [-0.15, -0.1) is 0 Å². The Bertz CT molecular complexity index is 2950. The molecule has 378 valence electrons. The van der Waals surface area contributed by atoms with Crippen LogP contribution in [0.1, 0.15) is 119 Å². The van der Waals surface area contributed by atoms with Crippen LogP contribution in [0.4, 0.5) is 21.6 Å². The summed E-state index contributed by atoms with van der Waals surface area (Å²) in [5.41, 5.74) is 4.37. The van der Waals surface area contributed by atoms with Gasteiger partial charge >= 0.3 is 0 Å². The number of ether oxygens (including phenoxy) is 2. The number of hydrogen-bond donors (Lipinski definition) is 3. The van der Waals surface area contributed by atoms with Gasteiger partial charge in [-0.25, -0.2) is 27.0 Å². The van der Waals surface area contributed by atoms with E-state index in [0.29, 0.717) is 59.5 Å². The molecule has 6 aliphatic rings. The van der Waals surface area contributed by atoms with E-state index in [2.05, 4.69) is 62.5 Å². The highest BCUT2D eigenvalue weighted by Gasteiger charge is 2.50. The fourth-order valence-corrected chi connectivity index (χ4v) is 13.4. The van der Waals surface area contributed by atoms with E-state index in [9.17, 15) is 23.5 Å². The van der Waals surface area contributed by atoms with Crippen LogP contribution in [0.5, 0.6) is 17.4 Å². The normalized spacial score (nSPS) is 23.6.